The van der Waals surface area contributed by atoms with Crippen LogP contribution in [0, 0.1) is 0 Å². The summed E-state index contributed by atoms with van der Waals surface area (Å²) in [6, 6.07) is 7.45. The first-order valence-corrected chi connectivity index (χ1v) is 8.26. The van der Waals surface area contributed by atoms with Crippen molar-refractivity contribution in [3.05, 3.63) is 48.4 Å². The summed E-state index contributed by atoms with van der Waals surface area (Å²) in [6.07, 6.45) is 9.41. The van der Waals surface area contributed by atoms with E-state index in [1.807, 2.05) is 17.0 Å². The fraction of sp³-hybridized carbons (Fsp3) is 0.389. The Kier molecular flexibility index (Phi) is 5.25. The Balaban J connectivity index is 1.82. The number of hydrogen-bond acceptors (Lipinski definition) is 4. The smallest absolute Gasteiger partial charge is 0.323 e. The van der Waals surface area contributed by atoms with Gasteiger partial charge in [0.15, 0.2) is 11.6 Å². The van der Waals surface area contributed by atoms with Gasteiger partial charge < -0.3 is 9.64 Å². The Bertz CT molecular complexity index is 678. The lowest BCUT2D eigenvalue weighted by atomic mass is 10.0. The maximum atomic E-state index is 12.9. The van der Waals surface area contributed by atoms with E-state index in [0.717, 1.165) is 37.8 Å². The van der Waals surface area contributed by atoms with Gasteiger partial charge in [-0.25, -0.2) is 9.78 Å². The first-order valence-electron chi connectivity index (χ1n) is 8.26. The molecule has 0 aliphatic carbocycles. The summed E-state index contributed by atoms with van der Waals surface area (Å²) in [5.41, 5.74) is 1.12. The van der Waals surface area contributed by atoms with Crippen LogP contribution in [0.5, 0.6) is 5.75 Å². The highest BCUT2D eigenvalue weighted by molar-refractivity contribution is 5.90. The number of methoxy groups -OCH3 is 1. The van der Waals surface area contributed by atoms with E-state index in [4.69, 9.17) is 4.74 Å². The Labute approximate surface area is 141 Å². The monoisotopic (exact) mass is 326 g/mol. The average molecular weight is 326 g/mol. The first-order chi connectivity index (χ1) is 11.8. The number of nitrogens with one attached hydrogen (secondary N) is 1. The van der Waals surface area contributed by atoms with Gasteiger partial charge in [0.1, 0.15) is 0 Å². The van der Waals surface area contributed by atoms with E-state index in [-0.39, 0.29) is 12.1 Å². The van der Waals surface area contributed by atoms with Gasteiger partial charge in [0.05, 0.1) is 13.2 Å². The largest absolute Gasteiger partial charge is 0.493 e. The molecule has 0 spiro atoms. The minimum absolute atomic E-state index is 0.0604. The summed E-state index contributed by atoms with van der Waals surface area (Å²) >= 11 is 0. The summed E-state index contributed by atoms with van der Waals surface area (Å²) in [4.78, 5) is 23.1. The summed E-state index contributed by atoms with van der Waals surface area (Å²) in [5.74, 6) is 1.00. The predicted molar refractivity (Wildman–Crippen MR) is 92.0 cm³/mol. The van der Waals surface area contributed by atoms with Crippen LogP contribution in [0.25, 0.3) is 0 Å². The molecule has 2 aromatic rings. The fourth-order valence-corrected chi connectivity index (χ4v) is 3.11. The zero-order valence-electron chi connectivity index (χ0n) is 13.8. The summed E-state index contributed by atoms with van der Waals surface area (Å²) in [7, 11) is 1.57. The minimum atomic E-state index is -0.143. The molecule has 1 aliphatic heterocycles. The van der Waals surface area contributed by atoms with Gasteiger partial charge in [-0.2, -0.15) is 0 Å². The van der Waals surface area contributed by atoms with Crippen LogP contribution in [0.4, 0.5) is 10.6 Å². The minimum Gasteiger partial charge on any atom is -0.493 e. The second-order valence-corrected chi connectivity index (χ2v) is 5.82. The van der Waals surface area contributed by atoms with E-state index >= 15 is 0 Å². The number of hydrogen-bond donors (Lipinski definition) is 1. The molecule has 6 heteroatoms. The molecule has 2 amide bonds. The summed E-state index contributed by atoms with van der Waals surface area (Å²) in [6.45, 7) is 0.730. The van der Waals surface area contributed by atoms with Crippen molar-refractivity contribution in [3.63, 3.8) is 0 Å². The standard InChI is InChI=1S/C18H22N4O2/c1-24-16-7-5-10-20-17(16)21-18(23)22-13-4-2-3-6-15(22)14-8-11-19-12-9-14/h5,7-12,15H,2-4,6,13H2,1H3,(H,20,21,23)/t15-/m0/s1. The quantitative estimate of drug-likeness (QED) is 0.935. The number of urea groups is 1. The predicted octanol–water partition coefficient (Wildman–Crippen LogP) is 3.63. The summed E-state index contributed by atoms with van der Waals surface area (Å²) in [5, 5.41) is 2.89. The van der Waals surface area contributed by atoms with Crippen molar-refractivity contribution in [3.8, 4) is 5.75 Å². The molecular formula is C18H22N4O2. The molecule has 1 fully saturated rings. The molecule has 0 bridgehead atoms. The van der Waals surface area contributed by atoms with Gasteiger partial charge in [0, 0.05) is 25.1 Å². The third kappa shape index (κ3) is 3.64. The van der Waals surface area contributed by atoms with Crippen LogP contribution in [-0.4, -0.2) is 34.6 Å². The number of aromatic nitrogens is 2. The molecule has 2 aromatic heterocycles. The number of ether oxygens (including phenoxy) is 1. The maximum Gasteiger partial charge on any atom is 0.323 e. The van der Waals surface area contributed by atoms with Crippen LogP contribution in [0.3, 0.4) is 0 Å². The van der Waals surface area contributed by atoms with E-state index in [1.165, 1.54) is 0 Å². The number of anilines is 1. The molecule has 1 aliphatic rings. The molecule has 24 heavy (non-hydrogen) atoms. The van der Waals surface area contributed by atoms with Crippen molar-refractivity contribution < 1.29 is 9.53 Å². The highest BCUT2D eigenvalue weighted by atomic mass is 16.5. The molecule has 0 unspecified atom stereocenters. The van der Waals surface area contributed by atoms with Crippen molar-refractivity contribution >= 4 is 11.8 Å². The number of amides is 2. The van der Waals surface area contributed by atoms with Crippen molar-refractivity contribution in [2.24, 2.45) is 0 Å². The maximum absolute atomic E-state index is 12.9. The highest BCUT2D eigenvalue weighted by Crippen LogP contribution is 2.31. The van der Waals surface area contributed by atoms with Crippen LogP contribution in [0.2, 0.25) is 0 Å². The number of rotatable bonds is 3. The number of carbonyl (C=O) groups excluding carboxylic acids is 1. The Morgan fingerprint density at radius 3 is 2.83 bits per heavy atom. The average Bonchev–Trinajstić information content (AvgIpc) is 2.89. The molecule has 0 saturated carbocycles. The molecule has 3 rings (SSSR count). The molecule has 6 nitrogen and oxygen atoms in total. The lowest BCUT2D eigenvalue weighted by Gasteiger charge is -2.30. The van der Waals surface area contributed by atoms with Gasteiger partial charge in [-0.3, -0.25) is 10.3 Å². The molecule has 0 radical (unpaired) electrons. The van der Waals surface area contributed by atoms with Gasteiger partial charge in [0.2, 0.25) is 0 Å². The number of pyridine rings is 2. The highest BCUT2D eigenvalue weighted by Gasteiger charge is 2.27. The molecule has 0 aromatic carbocycles. The van der Waals surface area contributed by atoms with E-state index in [2.05, 4.69) is 15.3 Å². The van der Waals surface area contributed by atoms with Gasteiger partial charge in [-0.1, -0.05) is 12.8 Å². The first kappa shape index (κ1) is 16.2. The van der Waals surface area contributed by atoms with Crippen molar-refractivity contribution in [1.29, 1.82) is 0 Å². The third-order valence-electron chi connectivity index (χ3n) is 4.32. The number of nitrogens with zero attached hydrogens (tertiary/aromatic N) is 3. The van der Waals surface area contributed by atoms with Crippen LogP contribution in [0.15, 0.2) is 42.9 Å². The molecule has 1 atom stereocenters. The van der Waals surface area contributed by atoms with Crippen molar-refractivity contribution in [2.75, 3.05) is 19.0 Å². The van der Waals surface area contributed by atoms with Crippen LogP contribution in [-0.2, 0) is 0 Å². The molecule has 1 N–H and O–H groups in total. The second kappa shape index (κ2) is 7.77. The second-order valence-electron chi connectivity index (χ2n) is 5.82. The molecule has 1 saturated heterocycles. The Hall–Kier alpha value is -2.63. The van der Waals surface area contributed by atoms with Gasteiger partial charge >= 0.3 is 6.03 Å². The Morgan fingerprint density at radius 2 is 2.04 bits per heavy atom. The Morgan fingerprint density at radius 1 is 1.21 bits per heavy atom. The van der Waals surface area contributed by atoms with Crippen LogP contribution < -0.4 is 10.1 Å². The van der Waals surface area contributed by atoms with E-state index in [0.29, 0.717) is 11.6 Å². The van der Waals surface area contributed by atoms with Crippen molar-refractivity contribution in [2.45, 2.75) is 31.7 Å². The van der Waals surface area contributed by atoms with E-state index in [9.17, 15) is 4.79 Å². The number of carbonyl (C=O) groups is 1. The lowest BCUT2D eigenvalue weighted by molar-refractivity contribution is 0.189. The van der Waals surface area contributed by atoms with E-state index < -0.39 is 0 Å². The van der Waals surface area contributed by atoms with Gasteiger partial charge in [-0.05, 0) is 42.7 Å². The zero-order valence-corrected chi connectivity index (χ0v) is 13.8. The number of likely N-dealkylation sites (tertiary alicyclic amines) is 1. The molecule has 3 heterocycles. The normalized spacial score (nSPS) is 17.9. The zero-order chi connectivity index (χ0) is 16.8. The van der Waals surface area contributed by atoms with Crippen molar-refractivity contribution in [1.82, 2.24) is 14.9 Å². The fourth-order valence-electron chi connectivity index (χ4n) is 3.11. The van der Waals surface area contributed by atoms with Gasteiger partial charge in [-0.15, -0.1) is 0 Å². The van der Waals surface area contributed by atoms with Gasteiger partial charge in [0.25, 0.3) is 0 Å². The SMILES string of the molecule is COc1cccnc1NC(=O)N1CCCCC[C@H]1c1ccncc1. The molecular weight excluding hydrogens is 304 g/mol. The van der Waals surface area contributed by atoms with E-state index in [1.54, 1.807) is 37.8 Å². The van der Waals surface area contributed by atoms with Crippen LogP contribution in [0.1, 0.15) is 37.3 Å². The lowest BCUT2D eigenvalue weighted by Crippen LogP contribution is -2.38. The summed E-state index contributed by atoms with van der Waals surface area (Å²) < 4.78 is 5.27. The topological polar surface area (TPSA) is 67.3 Å². The van der Waals surface area contributed by atoms with Crippen LogP contribution >= 0.6 is 0 Å². The third-order valence-corrected chi connectivity index (χ3v) is 4.32. The molecule has 126 valence electrons.